The maximum Gasteiger partial charge on any atom is 0.266 e. The largest absolute Gasteiger partial charge is 0.493 e. The van der Waals surface area contributed by atoms with Gasteiger partial charge in [0.25, 0.3) is 5.91 Å². The summed E-state index contributed by atoms with van der Waals surface area (Å²) < 4.78 is 10.9. The highest BCUT2D eigenvalue weighted by Crippen LogP contribution is 2.37. The normalized spacial score (nSPS) is 10.9. The number of methoxy groups -OCH3 is 1. The molecule has 0 unspecified atom stereocenters. The van der Waals surface area contributed by atoms with Gasteiger partial charge < -0.3 is 14.8 Å². The van der Waals surface area contributed by atoms with Crippen LogP contribution in [0.4, 0.5) is 5.69 Å². The first-order valence-corrected chi connectivity index (χ1v) is 9.41. The van der Waals surface area contributed by atoms with Gasteiger partial charge in [0.2, 0.25) is 0 Å². The second-order valence-electron chi connectivity index (χ2n) is 5.64. The molecule has 0 aliphatic rings. The molecule has 0 radical (unpaired) electrons. The van der Waals surface area contributed by atoms with Crippen molar-refractivity contribution in [1.29, 1.82) is 5.26 Å². The highest BCUT2D eigenvalue weighted by Gasteiger charge is 2.14. The van der Waals surface area contributed by atoms with Gasteiger partial charge in [-0.25, -0.2) is 0 Å². The Hall–Kier alpha value is -2.39. The number of hydrogen-bond acceptors (Lipinski definition) is 4. The number of carbonyl (C=O) groups is 1. The van der Waals surface area contributed by atoms with Crippen molar-refractivity contribution in [3.05, 3.63) is 56.5 Å². The summed E-state index contributed by atoms with van der Waals surface area (Å²) in [5, 5.41) is 13.0. The molecule has 0 aliphatic carbocycles. The molecule has 0 heterocycles. The second kappa shape index (κ2) is 10.2. The van der Waals surface area contributed by atoms with Crippen LogP contribution in [0.1, 0.15) is 18.9 Å². The van der Waals surface area contributed by atoms with Crippen molar-refractivity contribution in [3.8, 4) is 17.6 Å². The number of anilines is 1. The van der Waals surface area contributed by atoms with Gasteiger partial charge in [0.05, 0.1) is 28.8 Å². The smallest absolute Gasteiger partial charge is 0.266 e. The number of rotatable bonds is 7. The van der Waals surface area contributed by atoms with Crippen LogP contribution >= 0.6 is 34.8 Å². The van der Waals surface area contributed by atoms with Crippen LogP contribution < -0.4 is 14.8 Å². The third-order valence-electron chi connectivity index (χ3n) is 3.56. The van der Waals surface area contributed by atoms with Gasteiger partial charge in [-0.3, -0.25) is 4.79 Å². The maximum absolute atomic E-state index is 12.4. The average molecular weight is 440 g/mol. The van der Waals surface area contributed by atoms with E-state index in [2.05, 4.69) is 5.32 Å². The number of ether oxygens (including phenoxy) is 2. The van der Waals surface area contributed by atoms with Gasteiger partial charge in [-0.2, -0.15) is 5.26 Å². The summed E-state index contributed by atoms with van der Waals surface area (Å²) in [4.78, 5) is 12.4. The highest BCUT2D eigenvalue weighted by atomic mass is 35.5. The number of amides is 1. The summed E-state index contributed by atoms with van der Waals surface area (Å²) in [6.07, 6.45) is 2.22. The van der Waals surface area contributed by atoms with E-state index in [0.717, 1.165) is 6.42 Å². The number of nitrogens with one attached hydrogen (secondary N) is 1. The Bertz CT molecular complexity index is 952. The summed E-state index contributed by atoms with van der Waals surface area (Å²) in [6, 6.07) is 9.74. The molecule has 2 aromatic carbocycles. The molecule has 0 saturated carbocycles. The van der Waals surface area contributed by atoms with E-state index in [1.165, 1.54) is 19.3 Å². The molecule has 8 heteroatoms. The predicted octanol–water partition coefficient (Wildman–Crippen LogP) is 5.99. The quantitative estimate of drug-likeness (QED) is 0.425. The van der Waals surface area contributed by atoms with Crippen LogP contribution in [0.25, 0.3) is 6.08 Å². The summed E-state index contributed by atoms with van der Waals surface area (Å²) in [6.45, 7) is 2.46. The van der Waals surface area contributed by atoms with Crippen LogP contribution in [0.3, 0.4) is 0 Å². The SMILES string of the molecule is CCCOc1c(Cl)cc(/C=C(\C#N)C(=O)Nc2ccc(Cl)c(Cl)c2)cc1OC. The standard InChI is InChI=1S/C20H17Cl3N2O3/c1-3-6-28-19-17(23)8-12(9-18(19)27-2)7-13(11-24)20(26)25-14-4-5-15(21)16(22)10-14/h4-5,7-10H,3,6H2,1-2H3,(H,25,26)/b13-7+. The van der Waals surface area contributed by atoms with Crippen LogP contribution in [-0.2, 0) is 4.79 Å². The van der Waals surface area contributed by atoms with Gasteiger partial charge in [-0.1, -0.05) is 41.7 Å². The number of halogens is 3. The van der Waals surface area contributed by atoms with E-state index < -0.39 is 5.91 Å². The maximum atomic E-state index is 12.4. The molecule has 0 atom stereocenters. The second-order valence-corrected chi connectivity index (χ2v) is 6.86. The third-order valence-corrected chi connectivity index (χ3v) is 4.58. The fourth-order valence-corrected chi connectivity index (χ4v) is 2.83. The fourth-order valence-electron chi connectivity index (χ4n) is 2.25. The van der Waals surface area contributed by atoms with Gasteiger partial charge in [0.15, 0.2) is 11.5 Å². The summed E-state index contributed by atoms with van der Waals surface area (Å²) in [7, 11) is 1.49. The summed E-state index contributed by atoms with van der Waals surface area (Å²) in [5.74, 6) is 0.235. The van der Waals surface area contributed by atoms with Crippen molar-refractivity contribution in [1.82, 2.24) is 0 Å². The van der Waals surface area contributed by atoms with Crippen molar-refractivity contribution in [2.24, 2.45) is 0 Å². The Labute approximate surface area is 178 Å². The lowest BCUT2D eigenvalue weighted by atomic mass is 10.1. The van der Waals surface area contributed by atoms with Crippen molar-refractivity contribution in [2.45, 2.75) is 13.3 Å². The first-order valence-electron chi connectivity index (χ1n) is 8.28. The molecule has 1 N–H and O–H groups in total. The number of benzene rings is 2. The van der Waals surface area contributed by atoms with Crippen molar-refractivity contribution < 1.29 is 14.3 Å². The molecule has 28 heavy (non-hydrogen) atoms. The minimum absolute atomic E-state index is 0.119. The number of hydrogen-bond donors (Lipinski definition) is 1. The van der Waals surface area contributed by atoms with E-state index in [4.69, 9.17) is 44.3 Å². The Balaban J connectivity index is 2.30. The lowest BCUT2D eigenvalue weighted by molar-refractivity contribution is -0.112. The van der Waals surface area contributed by atoms with Gasteiger partial charge in [0, 0.05) is 5.69 Å². The van der Waals surface area contributed by atoms with Gasteiger partial charge in [-0.15, -0.1) is 0 Å². The molecule has 5 nitrogen and oxygen atoms in total. The summed E-state index contributed by atoms with van der Waals surface area (Å²) in [5.41, 5.74) is 0.817. The Morgan fingerprint density at radius 2 is 1.93 bits per heavy atom. The highest BCUT2D eigenvalue weighted by molar-refractivity contribution is 6.42. The van der Waals surface area contributed by atoms with E-state index in [-0.39, 0.29) is 5.57 Å². The van der Waals surface area contributed by atoms with Gasteiger partial charge >= 0.3 is 0 Å². The molecule has 0 aromatic heterocycles. The van der Waals surface area contributed by atoms with E-state index in [1.807, 2.05) is 13.0 Å². The molecule has 2 rings (SSSR count). The number of nitrogens with zero attached hydrogens (tertiary/aromatic N) is 1. The molecule has 0 spiro atoms. The van der Waals surface area contributed by atoms with Crippen molar-refractivity contribution in [3.63, 3.8) is 0 Å². The monoisotopic (exact) mass is 438 g/mol. The van der Waals surface area contributed by atoms with E-state index >= 15 is 0 Å². The molecule has 1 amide bonds. The predicted molar refractivity (Wildman–Crippen MR) is 112 cm³/mol. The minimum Gasteiger partial charge on any atom is -0.493 e. The number of carbonyl (C=O) groups excluding carboxylic acids is 1. The van der Waals surface area contributed by atoms with Crippen LogP contribution in [0.5, 0.6) is 11.5 Å². The van der Waals surface area contributed by atoms with Crippen molar-refractivity contribution in [2.75, 3.05) is 19.0 Å². The van der Waals surface area contributed by atoms with Gasteiger partial charge in [0.1, 0.15) is 11.6 Å². The third kappa shape index (κ3) is 5.56. The molecule has 0 bridgehead atoms. The molecular formula is C20H17Cl3N2O3. The lowest BCUT2D eigenvalue weighted by Gasteiger charge is -2.13. The molecule has 146 valence electrons. The summed E-state index contributed by atoms with van der Waals surface area (Å²) >= 11 is 18.1. The van der Waals surface area contributed by atoms with Crippen LogP contribution in [-0.4, -0.2) is 19.6 Å². The molecule has 0 saturated heterocycles. The van der Waals surface area contributed by atoms with Crippen LogP contribution in [0.2, 0.25) is 15.1 Å². The minimum atomic E-state index is -0.595. The Morgan fingerprint density at radius 1 is 1.18 bits per heavy atom. The lowest BCUT2D eigenvalue weighted by Crippen LogP contribution is -2.13. The number of nitriles is 1. The molecule has 2 aromatic rings. The van der Waals surface area contributed by atoms with Gasteiger partial charge in [-0.05, 0) is 48.4 Å². The topological polar surface area (TPSA) is 71.3 Å². The fraction of sp³-hybridized carbons (Fsp3) is 0.200. The van der Waals surface area contributed by atoms with E-state index in [9.17, 15) is 10.1 Å². The molecule has 0 fully saturated rings. The zero-order chi connectivity index (χ0) is 20.7. The average Bonchev–Trinajstić information content (AvgIpc) is 2.67. The van der Waals surface area contributed by atoms with Crippen molar-refractivity contribution >= 4 is 52.5 Å². The molecular weight excluding hydrogens is 423 g/mol. The van der Waals surface area contributed by atoms with Crippen LogP contribution in [0.15, 0.2) is 35.9 Å². The van der Waals surface area contributed by atoms with E-state index in [0.29, 0.717) is 44.4 Å². The Morgan fingerprint density at radius 3 is 2.54 bits per heavy atom. The van der Waals surface area contributed by atoms with Crippen LogP contribution in [0, 0.1) is 11.3 Å². The molecule has 0 aliphatic heterocycles. The zero-order valence-corrected chi connectivity index (χ0v) is 17.5. The first-order chi connectivity index (χ1) is 13.4. The first kappa shape index (κ1) is 21.9. The Kier molecular flexibility index (Phi) is 8.01. The zero-order valence-electron chi connectivity index (χ0n) is 15.2. The van der Waals surface area contributed by atoms with E-state index in [1.54, 1.807) is 24.3 Å².